The summed E-state index contributed by atoms with van der Waals surface area (Å²) in [5.41, 5.74) is 5.13. The van der Waals surface area contributed by atoms with Crippen molar-refractivity contribution in [2.45, 2.75) is 33.7 Å². The van der Waals surface area contributed by atoms with Crippen LogP contribution in [0, 0.1) is 5.41 Å². The van der Waals surface area contributed by atoms with Gasteiger partial charge in [0.05, 0.1) is 11.8 Å². The maximum atomic E-state index is 11.3. The summed E-state index contributed by atoms with van der Waals surface area (Å²) in [5.74, 6) is -0.783. The Morgan fingerprint density at radius 1 is 1.43 bits per heavy atom. The molecule has 0 radical (unpaired) electrons. The molecule has 0 fully saturated rings. The van der Waals surface area contributed by atoms with Crippen LogP contribution in [0.1, 0.15) is 27.7 Å². The second kappa shape index (κ2) is 4.27. The Hall–Kier alpha value is -0.620. The highest BCUT2D eigenvalue weighted by Gasteiger charge is 2.29. The second-order valence-electron chi connectivity index (χ2n) is 4.21. The van der Waals surface area contributed by atoms with Crippen LogP contribution in [0.25, 0.3) is 0 Å². The van der Waals surface area contributed by atoms with Crippen molar-refractivity contribution in [2.24, 2.45) is 11.1 Å². The van der Waals surface area contributed by atoms with Crippen molar-refractivity contribution in [1.29, 1.82) is 0 Å². The molecule has 0 aliphatic rings. The van der Waals surface area contributed by atoms with E-state index in [0.29, 0.717) is 0 Å². The summed E-state index contributed by atoms with van der Waals surface area (Å²) in [7, 11) is -3.50. The van der Waals surface area contributed by atoms with Gasteiger partial charge in [0.2, 0.25) is 10.0 Å². The lowest BCUT2D eigenvalue weighted by atomic mass is 9.87. The summed E-state index contributed by atoms with van der Waals surface area (Å²) in [6.45, 7) is 6.78. The van der Waals surface area contributed by atoms with Gasteiger partial charge in [-0.05, 0) is 12.3 Å². The Balaban J connectivity index is 4.53. The van der Waals surface area contributed by atoms with E-state index >= 15 is 0 Å². The van der Waals surface area contributed by atoms with E-state index in [2.05, 4.69) is 0 Å². The lowest BCUT2D eigenvalue weighted by Crippen LogP contribution is -2.50. The Morgan fingerprint density at radius 3 is 2.14 bits per heavy atom. The summed E-state index contributed by atoms with van der Waals surface area (Å²) < 4.78 is 24.0. The van der Waals surface area contributed by atoms with Gasteiger partial charge in [0, 0.05) is 0 Å². The fourth-order valence-corrected chi connectivity index (χ4v) is 1.26. The summed E-state index contributed by atoms with van der Waals surface area (Å²) in [5, 5.41) is 0. The molecule has 0 aromatic carbocycles. The molecule has 0 aliphatic carbocycles. The first-order valence-electron chi connectivity index (χ1n) is 4.40. The Kier molecular flexibility index (Phi) is 4.08. The third-order valence-corrected chi connectivity index (χ3v) is 3.12. The van der Waals surface area contributed by atoms with E-state index < -0.39 is 27.4 Å². The number of sulfonamides is 1. The van der Waals surface area contributed by atoms with Gasteiger partial charge in [0.25, 0.3) is 5.91 Å². The third-order valence-electron chi connectivity index (χ3n) is 1.85. The minimum atomic E-state index is -3.50. The molecular weight excluding hydrogens is 204 g/mol. The van der Waals surface area contributed by atoms with Gasteiger partial charge < -0.3 is 5.73 Å². The maximum absolute atomic E-state index is 11.3. The number of nitrogens with two attached hydrogens (primary N) is 1. The molecule has 0 rings (SSSR count). The Bertz CT molecular complexity index is 303. The lowest BCUT2D eigenvalue weighted by molar-refractivity contribution is -0.122. The van der Waals surface area contributed by atoms with Crippen LogP contribution >= 0.6 is 0 Å². The monoisotopic (exact) mass is 222 g/mol. The molecule has 0 unspecified atom stereocenters. The van der Waals surface area contributed by atoms with E-state index in [4.69, 9.17) is 5.73 Å². The molecule has 1 atom stereocenters. The van der Waals surface area contributed by atoms with Crippen molar-refractivity contribution in [1.82, 2.24) is 4.72 Å². The van der Waals surface area contributed by atoms with Crippen LogP contribution in [0.5, 0.6) is 0 Å². The maximum Gasteiger partial charge on any atom is 0.250 e. The molecule has 1 amide bonds. The van der Waals surface area contributed by atoms with Crippen molar-refractivity contribution in [3.63, 3.8) is 0 Å². The normalized spacial score (nSPS) is 14.9. The van der Waals surface area contributed by atoms with Crippen LogP contribution in [0.4, 0.5) is 0 Å². The van der Waals surface area contributed by atoms with E-state index in [1.165, 1.54) is 6.92 Å². The average Bonchev–Trinajstić information content (AvgIpc) is 2.00. The first-order chi connectivity index (χ1) is 6.10. The molecule has 3 N–H and O–H groups in total. The van der Waals surface area contributed by atoms with E-state index in [1.54, 1.807) is 20.8 Å². The van der Waals surface area contributed by atoms with Crippen LogP contribution in [-0.4, -0.2) is 26.1 Å². The molecule has 0 saturated carbocycles. The lowest BCUT2D eigenvalue weighted by Gasteiger charge is -2.25. The minimum Gasteiger partial charge on any atom is -0.319 e. The first-order valence-corrected chi connectivity index (χ1v) is 6.05. The quantitative estimate of drug-likeness (QED) is 0.693. The van der Waals surface area contributed by atoms with Gasteiger partial charge in [-0.3, -0.25) is 9.52 Å². The largest absolute Gasteiger partial charge is 0.319 e. The Labute approximate surface area is 85.1 Å². The molecule has 84 valence electrons. The first kappa shape index (κ1) is 13.4. The van der Waals surface area contributed by atoms with E-state index in [9.17, 15) is 13.2 Å². The van der Waals surface area contributed by atoms with E-state index in [-0.39, 0.29) is 5.75 Å². The molecule has 0 saturated heterocycles. The molecule has 0 aromatic heterocycles. The van der Waals surface area contributed by atoms with Crippen LogP contribution in [0.15, 0.2) is 0 Å². The summed E-state index contributed by atoms with van der Waals surface area (Å²) in [4.78, 5) is 11.3. The minimum absolute atomic E-state index is 0.129. The molecule has 0 heterocycles. The number of hydrogen-bond donors (Lipinski definition) is 2. The summed E-state index contributed by atoms with van der Waals surface area (Å²) in [6.07, 6.45) is 0. The molecular formula is C8H18N2O3S. The van der Waals surface area contributed by atoms with Crippen LogP contribution in [0.3, 0.4) is 0 Å². The average molecular weight is 222 g/mol. The fourth-order valence-electron chi connectivity index (χ4n) is 0.682. The number of hydrogen-bond acceptors (Lipinski definition) is 4. The fraction of sp³-hybridized carbons (Fsp3) is 0.875. The van der Waals surface area contributed by atoms with Gasteiger partial charge in [-0.15, -0.1) is 0 Å². The number of nitrogens with one attached hydrogen (secondary N) is 1. The van der Waals surface area contributed by atoms with Gasteiger partial charge >= 0.3 is 0 Å². The standard InChI is InChI=1S/C8H18N2O3S/c1-5-14(12,13)10-7(11)6(9)8(2,3)4/h6H,5,9H2,1-4H3,(H,10,11)/t6-/m1/s1. The number of carbonyl (C=O) groups excluding carboxylic acids is 1. The van der Waals surface area contributed by atoms with Crippen LogP contribution in [0.2, 0.25) is 0 Å². The van der Waals surface area contributed by atoms with E-state index in [1.807, 2.05) is 4.72 Å². The predicted octanol–water partition coefficient (Wildman–Crippen LogP) is -0.174. The third kappa shape index (κ3) is 4.06. The predicted molar refractivity (Wildman–Crippen MR) is 55.0 cm³/mol. The highest BCUT2D eigenvalue weighted by molar-refractivity contribution is 7.90. The highest BCUT2D eigenvalue weighted by Crippen LogP contribution is 2.17. The van der Waals surface area contributed by atoms with Crippen molar-refractivity contribution in [3.8, 4) is 0 Å². The van der Waals surface area contributed by atoms with Gasteiger partial charge in [-0.1, -0.05) is 20.8 Å². The molecule has 0 spiro atoms. The molecule has 0 aliphatic heterocycles. The smallest absolute Gasteiger partial charge is 0.250 e. The van der Waals surface area contributed by atoms with E-state index in [0.717, 1.165) is 0 Å². The zero-order chi connectivity index (χ0) is 11.6. The van der Waals surface area contributed by atoms with Crippen molar-refractivity contribution in [2.75, 3.05) is 5.75 Å². The molecule has 5 nitrogen and oxygen atoms in total. The molecule has 0 aromatic rings. The second-order valence-corrected chi connectivity index (χ2v) is 6.22. The van der Waals surface area contributed by atoms with Crippen molar-refractivity contribution in [3.05, 3.63) is 0 Å². The van der Waals surface area contributed by atoms with Gasteiger partial charge in [0.1, 0.15) is 0 Å². The van der Waals surface area contributed by atoms with Crippen LogP contribution < -0.4 is 10.5 Å². The number of amides is 1. The summed E-state index contributed by atoms with van der Waals surface area (Å²) in [6, 6.07) is -0.830. The van der Waals surface area contributed by atoms with Gasteiger partial charge in [0.15, 0.2) is 0 Å². The van der Waals surface area contributed by atoms with Gasteiger partial charge in [-0.2, -0.15) is 0 Å². The molecule has 6 heteroatoms. The Morgan fingerprint density at radius 2 is 1.86 bits per heavy atom. The topological polar surface area (TPSA) is 89.3 Å². The van der Waals surface area contributed by atoms with Crippen molar-refractivity contribution < 1.29 is 13.2 Å². The van der Waals surface area contributed by atoms with Crippen molar-refractivity contribution >= 4 is 15.9 Å². The SMILES string of the molecule is CCS(=O)(=O)NC(=O)[C@@H](N)C(C)(C)C. The molecule has 0 bridgehead atoms. The summed E-state index contributed by atoms with van der Waals surface area (Å²) >= 11 is 0. The van der Waals surface area contributed by atoms with Gasteiger partial charge in [-0.25, -0.2) is 8.42 Å². The number of carbonyl (C=O) groups is 1. The van der Waals surface area contributed by atoms with Crippen LogP contribution in [-0.2, 0) is 14.8 Å². The zero-order valence-electron chi connectivity index (χ0n) is 8.99. The molecule has 14 heavy (non-hydrogen) atoms. The number of rotatable bonds is 3. The highest BCUT2D eigenvalue weighted by atomic mass is 32.2. The zero-order valence-corrected chi connectivity index (χ0v) is 9.81.